The first-order valence-electron chi connectivity index (χ1n) is 5.80. The predicted molar refractivity (Wildman–Crippen MR) is 72.0 cm³/mol. The molecule has 1 unspecified atom stereocenters. The van der Waals surface area contributed by atoms with Crippen LogP contribution in [-0.2, 0) is 6.42 Å². The summed E-state index contributed by atoms with van der Waals surface area (Å²) in [4.78, 5) is 4.21. The van der Waals surface area contributed by atoms with Crippen LogP contribution in [0.3, 0.4) is 0 Å². The van der Waals surface area contributed by atoms with Crippen LogP contribution in [0.15, 0.2) is 29.8 Å². The Hall–Kier alpha value is -1.59. The maximum absolute atomic E-state index is 9.73. The van der Waals surface area contributed by atoms with Crippen molar-refractivity contribution in [2.24, 2.45) is 0 Å². The largest absolute Gasteiger partial charge is 0.508 e. The molecule has 0 aliphatic heterocycles. The number of nitrogens with one attached hydrogen (secondary N) is 1. The second-order valence-corrected chi connectivity index (χ2v) is 5.07. The summed E-state index contributed by atoms with van der Waals surface area (Å²) < 4.78 is 0. The minimum atomic E-state index is 0.0329. The molecule has 2 rings (SSSR count). The van der Waals surface area contributed by atoms with Crippen molar-refractivity contribution >= 4 is 11.3 Å². The molecule has 1 aromatic heterocycles. The van der Waals surface area contributed by atoms with E-state index in [-0.39, 0.29) is 17.5 Å². The second-order valence-electron chi connectivity index (χ2n) is 4.09. The number of aromatic nitrogens is 1. The molecule has 96 valence electrons. The van der Waals surface area contributed by atoms with Crippen LogP contribution in [0.25, 0.3) is 0 Å². The van der Waals surface area contributed by atoms with Gasteiger partial charge in [0.15, 0.2) is 0 Å². The van der Waals surface area contributed by atoms with Gasteiger partial charge in [-0.1, -0.05) is 6.07 Å². The van der Waals surface area contributed by atoms with Crippen LogP contribution in [0, 0.1) is 0 Å². The minimum Gasteiger partial charge on any atom is -0.508 e. The lowest BCUT2D eigenvalue weighted by molar-refractivity contribution is 0.436. The quantitative estimate of drug-likeness (QED) is 0.776. The fourth-order valence-electron chi connectivity index (χ4n) is 1.78. The van der Waals surface area contributed by atoms with Gasteiger partial charge in [0.25, 0.3) is 0 Å². The standard InChI is InChI=1S/C13H16N2O2S/c1-9(11-3-2-10(16)8-12(11)17)14-5-4-13-15-6-7-18-13/h2-3,6-9,14,16-17H,4-5H2,1H3. The molecule has 5 heteroatoms. The van der Waals surface area contributed by atoms with Gasteiger partial charge in [-0.05, 0) is 13.0 Å². The van der Waals surface area contributed by atoms with Crippen molar-refractivity contribution in [3.63, 3.8) is 0 Å². The van der Waals surface area contributed by atoms with Gasteiger partial charge in [0.1, 0.15) is 11.5 Å². The monoisotopic (exact) mass is 264 g/mol. The van der Waals surface area contributed by atoms with Crippen LogP contribution in [0.1, 0.15) is 23.5 Å². The summed E-state index contributed by atoms with van der Waals surface area (Å²) in [5.74, 6) is 0.190. The van der Waals surface area contributed by atoms with Crippen LogP contribution < -0.4 is 5.32 Å². The summed E-state index contributed by atoms with van der Waals surface area (Å²) in [6.45, 7) is 2.78. The van der Waals surface area contributed by atoms with E-state index < -0.39 is 0 Å². The van der Waals surface area contributed by atoms with Crippen LogP contribution in [0.5, 0.6) is 11.5 Å². The first kappa shape index (κ1) is 12.9. The molecule has 2 aromatic rings. The normalized spacial score (nSPS) is 12.5. The highest BCUT2D eigenvalue weighted by Crippen LogP contribution is 2.27. The summed E-state index contributed by atoms with van der Waals surface area (Å²) >= 11 is 1.64. The number of benzene rings is 1. The topological polar surface area (TPSA) is 65.4 Å². The Morgan fingerprint density at radius 2 is 2.22 bits per heavy atom. The number of phenolic OH excluding ortho intramolecular Hbond substituents is 2. The summed E-state index contributed by atoms with van der Waals surface area (Å²) in [6, 6.07) is 4.69. The summed E-state index contributed by atoms with van der Waals surface area (Å²) in [6.07, 6.45) is 2.68. The summed E-state index contributed by atoms with van der Waals surface area (Å²) in [5, 5.41) is 25.4. The number of rotatable bonds is 5. The van der Waals surface area contributed by atoms with Gasteiger partial charge in [-0.25, -0.2) is 4.98 Å². The Kier molecular flexibility index (Phi) is 4.17. The molecule has 3 N–H and O–H groups in total. The zero-order valence-electron chi connectivity index (χ0n) is 10.1. The first-order valence-corrected chi connectivity index (χ1v) is 6.68. The first-order chi connectivity index (χ1) is 8.66. The number of hydrogen-bond donors (Lipinski definition) is 3. The molecule has 0 bridgehead atoms. The number of phenols is 2. The van der Waals surface area contributed by atoms with Crippen molar-refractivity contribution in [3.8, 4) is 11.5 Å². The molecule has 0 saturated heterocycles. The van der Waals surface area contributed by atoms with Crippen molar-refractivity contribution in [1.82, 2.24) is 10.3 Å². The van der Waals surface area contributed by atoms with Gasteiger partial charge in [-0.2, -0.15) is 0 Å². The van der Waals surface area contributed by atoms with E-state index in [9.17, 15) is 10.2 Å². The second kappa shape index (κ2) is 5.84. The molecule has 0 spiro atoms. The maximum Gasteiger partial charge on any atom is 0.124 e. The van der Waals surface area contributed by atoms with Crippen LogP contribution in [-0.4, -0.2) is 21.7 Å². The molecule has 0 radical (unpaired) electrons. The van der Waals surface area contributed by atoms with Crippen molar-refractivity contribution in [3.05, 3.63) is 40.3 Å². The fourth-order valence-corrected chi connectivity index (χ4v) is 2.40. The number of nitrogens with zero attached hydrogens (tertiary/aromatic N) is 1. The highest BCUT2D eigenvalue weighted by Gasteiger charge is 2.10. The van der Waals surface area contributed by atoms with Crippen LogP contribution >= 0.6 is 11.3 Å². The molecule has 1 heterocycles. The Bertz CT molecular complexity index is 500. The van der Waals surface area contributed by atoms with Crippen LogP contribution in [0.2, 0.25) is 0 Å². The van der Waals surface area contributed by atoms with Crippen molar-refractivity contribution < 1.29 is 10.2 Å². The Morgan fingerprint density at radius 1 is 1.39 bits per heavy atom. The summed E-state index contributed by atoms with van der Waals surface area (Å²) in [5.41, 5.74) is 0.784. The predicted octanol–water partition coefficient (Wildman–Crippen LogP) is 2.45. The van der Waals surface area contributed by atoms with Gasteiger partial charge in [0.2, 0.25) is 0 Å². The molecule has 1 atom stereocenters. The number of hydrogen-bond acceptors (Lipinski definition) is 5. The van der Waals surface area contributed by atoms with E-state index in [1.165, 1.54) is 6.07 Å². The molecule has 0 aliphatic carbocycles. The van der Waals surface area contributed by atoms with Gasteiger partial charge in [-0.3, -0.25) is 0 Å². The van der Waals surface area contributed by atoms with E-state index in [2.05, 4.69) is 10.3 Å². The lowest BCUT2D eigenvalue weighted by atomic mass is 10.1. The number of aromatic hydroxyl groups is 2. The Morgan fingerprint density at radius 3 is 2.89 bits per heavy atom. The van der Waals surface area contributed by atoms with E-state index in [1.54, 1.807) is 29.7 Å². The van der Waals surface area contributed by atoms with Gasteiger partial charge in [0.05, 0.1) is 5.01 Å². The SMILES string of the molecule is CC(NCCc1nccs1)c1ccc(O)cc1O. The molecule has 0 fully saturated rings. The summed E-state index contributed by atoms with van der Waals surface area (Å²) in [7, 11) is 0. The highest BCUT2D eigenvalue weighted by atomic mass is 32.1. The van der Waals surface area contributed by atoms with Crippen molar-refractivity contribution in [2.75, 3.05) is 6.54 Å². The molecule has 4 nitrogen and oxygen atoms in total. The third kappa shape index (κ3) is 3.21. The van der Waals surface area contributed by atoms with Crippen LogP contribution in [0.4, 0.5) is 0 Å². The zero-order chi connectivity index (χ0) is 13.0. The van der Waals surface area contributed by atoms with Gasteiger partial charge in [-0.15, -0.1) is 11.3 Å². The Labute approximate surface area is 110 Å². The van der Waals surface area contributed by atoms with Gasteiger partial charge >= 0.3 is 0 Å². The van der Waals surface area contributed by atoms with E-state index in [0.717, 1.165) is 23.5 Å². The van der Waals surface area contributed by atoms with E-state index >= 15 is 0 Å². The minimum absolute atomic E-state index is 0.0329. The van der Waals surface area contributed by atoms with Crippen molar-refractivity contribution in [2.45, 2.75) is 19.4 Å². The molecule has 0 saturated carbocycles. The lowest BCUT2D eigenvalue weighted by Gasteiger charge is -2.15. The maximum atomic E-state index is 9.73. The van der Waals surface area contributed by atoms with E-state index in [0.29, 0.717) is 0 Å². The fraction of sp³-hybridized carbons (Fsp3) is 0.308. The van der Waals surface area contributed by atoms with Gasteiger partial charge in [0, 0.05) is 42.2 Å². The average molecular weight is 264 g/mol. The van der Waals surface area contributed by atoms with Gasteiger partial charge < -0.3 is 15.5 Å². The molecule has 1 aromatic carbocycles. The zero-order valence-corrected chi connectivity index (χ0v) is 10.9. The molecular formula is C13H16N2O2S. The highest BCUT2D eigenvalue weighted by molar-refractivity contribution is 7.09. The molecule has 18 heavy (non-hydrogen) atoms. The number of thiazole rings is 1. The van der Waals surface area contributed by atoms with Crippen molar-refractivity contribution in [1.29, 1.82) is 0 Å². The smallest absolute Gasteiger partial charge is 0.124 e. The Balaban J connectivity index is 1.89. The van der Waals surface area contributed by atoms with E-state index in [1.807, 2.05) is 12.3 Å². The lowest BCUT2D eigenvalue weighted by Crippen LogP contribution is -2.21. The van der Waals surface area contributed by atoms with E-state index in [4.69, 9.17) is 0 Å². The third-order valence-electron chi connectivity index (χ3n) is 2.75. The molecule has 0 aliphatic rings. The average Bonchev–Trinajstić information content (AvgIpc) is 2.81. The third-order valence-corrected chi connectivity index (χ3v) is 3.59. The molecular weight excluding hydrogens is 248 g/mol. The molecule has 0 amide bonds.